The lowest BCUT2D eigenvalue weighted by molar-refractivity contribution is -0.126. The monoisotopic (exact) mass is 324 g/mol. The Balaban J connectivity index is 1.47. The molecule has 7 nitrogen and oxygen atoms in total. The number of carbonyl (C=O) groups is 2. The number of hydrogen-bond donors (Lipinski definition) is 2. The van der Waals surface area contributed by atoms with Crippen molar-refractivity contribution in [2.24, 2.45) is 5.92 Å². The molecule has 0 aliphatic carbocycles. The number of fused-ring (bicyclic) bond motifs is 1. The lowest BCUT2D eigenvalue weighted by Gasteiger charge is -2.14. The quantitative estimate of drug-likeness (QED) is 0.766. The first-order chi connectivity index (χ1) is 11.7. The van der Waals surface area contributed by atoms with Gasteiger partial charge in [-0.25, -0.2) is 0 Å². The van der Waals surface area contributed by atoms with Gasteiger partial charge in [-0.3, -0.25) is 19.6 Å². The van der Waals surface area contributed by atoms with Crippen molar-refractivity contribution < 1.29 is 14.0 Å². The van der Waals surface area contributed by atoms with Crippen LogP contribution in [0.2, 0.25) is 0 Å². The molecule has 0 spiro atoms. The number of amides is 2. The van der Waals surface area contributed by atoms with Crippen LogP contribution in [0.5, 0.6) is 0 Å². The van der Waals surface area contributed by atoms with E-state index in [1.165, 1.54) is 0 Å². The summed E-state index contributed by atoms with van der Waals surface area (Å²) in [6, 6.07) is 11.2. The first-order valence-electron chi connectivity index (χ1n) is 7.76. The number of nitrogens with zero attached hydrogens (tertiary/aromatic N) is 2. The first-order valence-corrected chi connectivity index (χ1v) is 7.76. The van der Waals surface area contributed by atoms with E-state index < -0.39 is 0 Å². The van der Waals surface area contributed by atoms with Crippen molar-refractivity contribution in [3.05, 3.63) is 48.4 Å². The summed E-state index contributed by atoms with van der Waals surface area (Å²) in [5.41, 5.74) is 0.867. The van der Waals surface area contributed by atoms with Crippen molar-refractivity contribution in [2.75, 3.05) is 11.4 Å². The summed E-state index contributed by atoms with van der Waals surface area (Å²) in [5.74, 6) is 0.634. The lowest BCUT2D eigenvalue weighted by Crippen LogP contribution is -2.32. The Hall–Kier alpha value is -3.09. The van der Waals surface area contributed by atoms with Gasteiger partial charge in [0.2, 0.25) is 11.8 Å². The third-order valence-electron chi connectivity index (χ3n) is 4.22. The number of nitrogens with one attached hydrogen (secondary N) is 2. The maximum atomic E-state index is 12.3. The van der Waals surface area contributed by atoms with Crippen molar-refractivity contribution in [1.82, 2.24) is 15.5 Å². The second-order valence-electron chi connectivity index (χ2n) is 5.80. The minimum absolute atomic E-state index is 0.0922. The van der Waals surface area contributed by atoms with Crippen LogP contribution in [0.15, 0.2) is 47.1 Å². The second kappa shape index (κ2) is 5.84. The zero-order valence-corrected chi connectivity index (χ0v) is 12.9. The van der Waals surface area contributed by atoms with Gasteiger partial charge in [-0.15, -0.1) is 0 Å². The van der Waals surface area contributed by atoms with E-state index in [1.807, 2.05) is 24.3 Å². The molecule has 24 heavy (non-hydrogen) atoms. The fraction of sp³-hybridized carbons (Fsp3) is 0.235. The van der Waals surface area contributed by atoms with Gasteiger partial charge in [0, 0.05) is 18.4 Å². The van der Waals surface area contributed by atoms with Crippen LogP contribution < -0.4 is 10.2 Å². The van der Waals surface area contributed by atoms with Crippen LogP contribution in [0.25, 0.3) is 10.9 Å². The van der Waals surface area contributed by atoms with Crippen molar-refractivity contribution in [2.45, 2.75) is 13.0 Å². The van der Waals surface area contributed by atoms with E-state index in [0.717, 1.165) is 10.9 Å². The lowest BCUT2D eigenvalue weighted by atomic mass is 10.1. The fourth-order valence-electron chi connectivity index (χ4n) is 2.97. The predicted octanol–water partition coefficient (Wildman–Crippen LogP) is 1.83. The maximum Gasteiger partial charge on any atom is 0.229 e. The number of aromatic amines is 1. The summed E-state index contributed by atoms with van der Waals surface area (Å²) in [4.78, 5) is 26.2. The molecule has 122 valence electrons. The van der Waals surface area contributed by atoms with Gasteiger partial charge >= 0.3 is 0 Å². The molecule has 1 atom stereocenters. The molecule has 2 amide bonds. The van der Waals surface area contributed by atoms with E-state index in [4.69, 9.17) is 4.42 Å². The van der Waals surface area contributed by atoms with Crippen molar-refractivity contribution in [1.29, 1.82) is 0 Å². The largest absolute Gasteiger partial charge is 0.467 e. The number of furan rings is 1. The van der Waals surface area contributed by atoms with Gasteiger partial charge in [-0.2, -0.15) is 5.10 Å². The normalized spacial score (nSPS) is 17.6. The topological polar surface area (TPSA) is 91.2 Å². The van der Waals surface area contributed by atoms with Crippen LogP contribution in [-0.2, 0) is 16.1 Å². The molecule has 1 aliphatic rings. The maximum absolute atomic E-state index is 12.3. The Kier molecular flexibility index (Phi) is 3.53. The number of H-pyrrole nitrogens is 1. The van der Waals surface area contributed by atoms with Crippen LogP contribution >= 0.6 is 0 Å². The molecule has 1 aromatic carbocycles. The standard InChI is InChI=1S/C17H16N4O3/c22-15-8-11(17(23)18-9-12-4-3-7-24-12)10-21(15)16-13-5-1-2-6-14(13)19-20-16/h1-7,11H,8-10H2,(H,18,23)(H,19,20). The van der Waals surface area contributed by atoms with Crippen LogP contribution in [-0.4, -0.2) is 28.6 Å². The highest BCUT2D eigenvalue weighted by Gasteiger charge is 2.36. The van der Waals surface area contributed by atoms with Crippen LogP contribution in [0, 0.1) is 5.92 Å². The van der Waals surface area contributed by atoms with Crippen LogP contribution in [0.4, 0.5) is 5.82 Å². The van der Waals surface area contributed by atoms with Gasteiger partial charge in [0.05, 0.1) is 24.2 Å². The molecular weight excluding hydrogens is 308 g/mol. The van der Waals surface area contributed by atoms with Gasteiger partial charge in [0.15, 0.2) is 5.82 Å². The summed E-state index contributed by atoms with van der Waals surface area (Å²) in [5, 5.41) is 10.8. The molecule has 2 aromatic heterocycles. The summed E-state index contributed by atoms with van der Waals surface area (Å²) in [6.07, 6.45) is 1.75. The molecule has 3 aromatic rings. The average molecular weight is 324 g/mol. The molecule has 7 heteroatoms. The summed E-state index contributed by atoms with van der Waals surface area (Å²) >= 11 is 0. The Morgan fingerprint density at radius 1 is 1.33 bits per heavy atom. The smallest absolute Gasteiger partial charge is 0.229 e. The van der Waals surface area contributed by atoms with Gasteiger partial charge in [0.25, 0.3) is 0 Å². The predicted molar refractivity (Wildman–Crippen MR) is 87.1 cm³/mol. The minimum atomic E-state index is -0.386. The van der Waals surface area contributed by atoms with Crippen molar-refractivity contribution >= 4 is 28.5 Å². The molecule has 1 fully saturated rings. The molecule has 0 bridgehead atoms. The molecule has 1 aliphatic heterocycles. The number of hydrogen-bond acceptors (Lipinski definition) is 4. The zero-order chi connectivity index (χ0) is 16.5. The first kappa shape index (κ1) is 14.5. The Morgan fingerprint density at radius 2 is 2.21 bits per heavy atom. The SMILES string of the molecule is O=C(NCc1ccco1)C1CC(=O)N(c2n[nH]c3ccccc23)C1. The summed E-state index contributed by atoms with van der Waals surface area (Å²) in [7, 11) is 0. The highest BCUT2D eigenvalue weighted by molar-refractivity contribution is 6.05. The molecule has 3 heterocycles. The van der Waals surface area contributed by atoms with Gasteiger partial charge in [-0.1, -0.05) is 12.1 Å². The Morgan fingerprint density at radius 3 is 3.04 bits per heavy atom. The van der Waals surface area contributed by atoms with Crippen LogP contribution in [0.3, 0.4) is 0 Å². The summed E-state index contributed by atoms with van der Waals surface area (Å²) in [6.45, 7) is 0.652. The molecule has 4 rings (SSSR count). The highest BCUT2D eigenvalue weighted by Crippen LogP contribution is 2.29. The fourth-order valence-corrected chi connectivity index (χ4v) is 2.97. The van der Waals surface area contributed by atoms with E-state index in [-0.39, 0.29) is 24.2 Å². The number of aromatic nitrogens is 2. The minimum Gasteiger partial charge on any atom is -0.467 e. The summed E-state index contributed by atoms with van der Waals surface area (Å²) < 4.78 is 5.19. The van der Waals surface area contributed by atoms with E-state index in [1.54, 1.807) is 23.3 Å². The number of rotatable bonds is 4. The second-order valence-corrected chi connectivity index (χ2v) is 5.80. The Bertz CT molecular complexity index is 884. The highest BCUT2D eigenvalue weighted by atomic mass is 16.3. The van der Waals surface area contributed by atoms with E-state index in [9.17, 15) is 9.59 Å². The molecular formula is C17H16N4O3. The number of anilines is 1. The van der Waals surface area contributed by atoms with Crippen LogP contribution in [0.1, 0.15) is 12.2 Å². The molecule has 0 radical (unpaired) electrons. The molecule has 1 unspecified atom stereocenters. The van der Waals surface area contributed by atoms with E-state index in [0.29, 0.717) is 24.7 Å². The van der Waals surface area contributed by atoms with Crippen molar-refractivity contribution in [3.63, 3.8) is 0 Å². The molecule has 0 saturated carbocycles. The van der Waals surface area contributed by atoms with E-state index >= 15 is 0 Å². The number of benzene rings is 1. The number of para-hydroxylation sites is 1. The van der Waals surface area contributed by atoms with Gasteiger partial charge in [0.1, 0.15) is 5.76 Å². The number of carbonyl (C=O) groups excluding carboxylic acids is 2. The van der Waals surface area contributed by atoms with Gasteiger partial charge in [-0.05, 0) is 24.3 Å². The third-order valence-corrected chi connectivity index (χ3v) is 4.22. The van der Waals surface area contributed by atoms with Crippen molar-refractivity contribution in [3.8, 4) is 0 Å². The Labute approximate surface area is 137 Å². The molecule has 2 N–H and O–H groups in total. The molecule has 1 saturated heterocycles. The average Bonchev–Trinajstić information content (AvgIpc) is 3.32. The van der Waals surface area contributed by atoms with Gasteiger partial charge < -0.3 is 9.73 Å². The third kappa shape index (κ3) is 2.54. The zero-order valence-electron chi connectivity index (χ0n) is 12.9. The van der Waals surface area contributed by atoms with E-state index in [2.05, 4.69) is 15.5 Å².